The van der Waals surface area contributed by atoms with Crippen molar-refractivity contribution in [2.45, 2.75) is 0 Å². The molecule has 0 saturated carbocycles. The summed E-state index contributed by atoms with van der Waals surface area (Å²) < 4.78 is 0. The van der Waals surface area contributed by atoms with Gasteiger partial charge in [-0.1, -0.05) is 11.3 Å². The summed E-state index contributed by atoms with van der Waals surface area (Å²) in [7, 11) is 0. The summed E-state index contributed by atoms with van der Waals surface area (Å²) in [6.45, 7) is 0. The molecule has 0 aliphatic rings. The fraction of sp³-hybridized carbons (Fsp3) is 0. The van der Waals surface area contributed by atoms with Crippen LogP contribution in [0.3, 0.4) is 0 Å². The van der Waals surface area contributed by atoms with Crippen LogP contribution in [0.25, 0.3) is 10.7 Å². The van der Waals surface area contributed by atoms with Crippen molar-refractivity contribution in [3.05, 3.63) is 24.5 Å². The molecule has 0 fully saturated rings. The second kappa shape index (κ2) is 3.02. The van der Waals surface area contributed by atoms with Gasteiger partial charge in [0.05, 0.1) is 6.20 Å². The maximum atomic E-state index is 9.40. The molecule has 66 valence electrons. The number of rotatable bonds is 1. The van der Waals surface area contributed by atoms with Gasteiger partial charge < -0.3 is 10.2 Å². The summed E-state index contributed by atoms with van der Waals surface area (Å²) in [4.78, 5) is 7.84. The summed E-state index contributed by atoms with van der Waals surface area (Å²) in [6.07, 6.45) is 2.89. The van der Waals surface area contributed by atoms with Gasteiger partial charge >= 0.3 is 0 Å². The van der Waals surface area contributed by atoms with Crippen LogP contribution in [-0.2, 0) is 0 Å². The molecule has 2 aromatic rings. The minimum atomic E-state index is 0.0665. The van der Waals surface area contributed by atoms with Gasteiger partial charge in [0, 0.05) is 6.20 Å². The van der Waals surface area contributed by atoms with Crippen molar-refractivity contribution < 1.29 is 10.2 Å². The zero-order valence-corrected chi connectivity index (χ0v) is 7.32. The van der Waals surface area contributed by atoms with E-state index in [1.807, 2.05) is 0 Å². The Labute approximate surface area is 78.2 Å². The number of hydrogen-bond acceptors (Lipinski definition) is 5. The lowest BCUT2D eigenvalue weighted by Crippen LogP contribution is -1.81. The predicted molar refractivity (Wildman–Crippen MR) is 48.7 cm³/mol. The van der Waals surface area contributed by atoms with E-state index in [9.17, 15) is 5.11 Å². The van der Waals surface area contributed by atoms with Gasteiger partial charge in [0.15, 0.2) is 5.06 Å². The molecule has 0 radical (unpaired) electrons. The van der Waals surface area contributed by atoms with Gasteiger partial charge in [-0.15, -0.1) is 0 Å². The smallest absolute Gasteiger partial charge is 0.192 e. The van der Waals surface area contributed by atoms with Crippen LogP contribution in [0.5, 0.6) is 10.8 Å². The molecule has 2 N–H and O–H groups in total. The molecule has 0 bridgehead atoms. The molecule has 5 heteroatoms. The molecule has 0 aliphatic carbocycles. The number of aromatic hydroxyl groups is 2. The maximum Gasteiger partial charge on any atom is 0.192 e. The van der Waals surface area contributed by atoms with Crippen molar-refractivity contribution in [2.24, 2.45) is 0 Å². The third-order valence-corrected chi connectivity index (χ3v) is 2.29. The predicted octanol–water partition coefficient (Wildman–Crippen LogP) is 1.62. The highest BCUT2D eigenvalue weighted by molar-refractivity contribution is 7.16. The highest BCUT2D eigenvalue weighted by Gasteiger charge is 2.08. The molecule has 0 spiro atoms. The van der Waals surface area contributed by atoms with Crippen LogP contribution in [0.1, 0.15) is 0 Å². The Hall–Kier alpha value is -1.62. The Balaban J connectivity index is 2.52. The van der Waals surface area contributed by atoms with Crippen LogP contribution in [0.4, 0.5) is 0 Å². The Morgan fingerprint density at radius 2 is 2.08 bits per heavy atom. The third kappa shape index (κ3) is 1.46. The summed E-state index contributed by atoms with van der Waals surface area (Å²) in [6, 6.07) is 3.16. The summed E-state index contributed by atoms with van der Waals surface area (Å²) in [5.74, 6) is 0.0665. The lowest BCUT2D eigenvalue weighted by molar-refractivity contribution is 0.475. The van der Waals surface area contributed by atoms with Crippen LogP contribution in [-0.4, -0.2) is 20.2 Å². The van der Waals surface area contributed by atoms with Crippen molar-refractivity contribution in [2.75, 3.05) is 0 Å². The highest BCUT2D eigenvalue weighted by atomic mass is 32.1. The number of nitrogens with zero attached hydrogens (tertiary/aromatic N) is 2. The van der Waals surface area contributed by atoms with Gasteiger partial charge in [-0.3, -0.25) is 0 Å². The molecular weight excluding hydrogens is 188 g/mol. The average Bonchev–Trinajstić information content (AvgIpc) is 2.53. The zero-order valence-electron chi connectivity index (χ0n) is 6.51. The van der Waals surface area contributed by atoms with Gasteiger partial charge in [0.1, 0.15) is 16.5 Å². The van der Waals surface area contributed by atoms with Gasteiger partial charge in [0.25, 0.3) is 0 Å². The van der Waals surface area contributed by atoms with Crippen molar-refractivity contribution >= 4 is 11.3 Å². The number of pyridine rings is 1. The van der Waals surface area contributed by atoms with Crippen molar-refractivity contribution in [1.29, 1.82) is 0 Å². The number of thiazole rings is 1. The molecule has 0 saturated heterocycles. The van der Waals surface area contributed by atoms with Crippen molar-refractivity contribution in [3.63, 3.8) is 0 Å². The minimum Gasteiger partial charge on any atom is -0.506 e. The first-order valence-corrected chi connectivity index (χ1v) is 4.38. The van der Waals surface area contributed by atoms with Gasteiger partial charge in [-0.2, -0.15) is 0 Å². The first-order valence-electron chi connectivity index (χ1n) is 3.56. The van der Waals surface area contributed by atoms with E-state index in [0.717, 1.165) is 11.3 Å². The van der Waals surface area contributed by atoms with Crippen LogP contribution in [0.2, 0.25) is 0 Å². The molecule has 0 aliphatic heterocycles. The standard InChI is InChI=1S/C8H6N2O2S/c11-5-2-1-3-9-7(5)8-10-4-6(12)13-8/h1-4,11-12H. The zero-order chi connectivity index (χ0) is 9.26. The van der Waals surface area contributed by atoms with E-state index in [1.165, 1.54) is 12.3 Å². The van der Waals surface area contributed by atoms with E-state index in [2.05, 4.69) is 9.97 Å². The van der Waals surface area contributed by atoms with E-state index in [1.54, 1.807) is 12.3 Å². The summed E-state index contributed by atoms with van der Waals surface area (Å²) >= 11 is 1.08. The first kappa shape index (κ1) is 8.00. The maximum absolute atomic E-state index is 9.40. The second-order valence-electron chi connectivity index (χ2n) is 2.37. The van der Waals surface area contributed by atoms with E-state index < -0.39 is 0 Å². The monoisotopic (exact) mass is 194 g/mol. The molecule has 13 heavy (non-hydrogen) atoms. The van der Waals surface area contributed by atoms with E-state index in [4.69, 9.17) is 5.11 Å². The van der Waals surface area contributed by atoms with E-state index in [-0.39, 0.29) is 10.8 Å². The molecule has 4 nitrogen and oxygen atoms in total. The normalized spacial score (nSPS) is 10.2. The fourth-order valence-electron chi connectivity index (χ4n) is 0.937. The SMILES string of the molecule is Oc1cnc(-c2ncccc2O)s1. The second-order valence-corrected chi connectivity index (χ2v) is 3.38. The topological polar surface area (TPSA) is 66.2 Å². The molecule has 2 aromatic heterocycles. The molecule has 0 amide bonds. The molecule has 2 rings (SSSR count). The molecular formula is C8H6N2O2S. The fourth-order valence-corrected chi connectivity index (χ4v) is 1.60. The van der Waals surface area contributed by atoms with Crippen LogP contribution < -0.4 is 0 Å². The Morgan fingerprint density at radius 3 is 2.69 bits per heavy atom. The quantitative estimate of drug-likeness (QED) is 0.723. The largest absolute Gasteiger partial charge is 0.506 e. The lowest BCUT2D eigenvalue weighted by atomic mass is 10.3. The number of hydrogen-bond donors (Lipinski definition) is 2. The van der Waals surface area contributed by atoms with Gasteiger partial charge in [-0.05, 0) is 12.1 Å². The molecule has 0 aromatic carbocycles. The summed E-state index contributed by atoms with van der Waals surface area (Å²) in [5.41, 5.74) is 0.396. The summed E-state index contributed by atoms with van der Waals surface area (Å²) in [5, 5.41) is 19.1. The van der Waals surface area contributed by atoms with E-state index >= 15 is 0 Å². The van der Waals surface area contributed by atoms with Gasteiger partial charge in [0.2, 0.25) is 0 Å². The van der Waals surface area contributed by atoms with Crippen LogP contribution in [0, 0.1) is 0 Å². The Bertz CT molecular complexity index is 428. The van der Waals surface area contributed by atoms with Crippen LogP contribution in [0.15, 0.2) is 24.5 Å². The molecule has 0 unspecified atom stereocenters. The first-order chi connectivity index (χ1) is 6.27. The van der Waals surface area contributed by atoms with Gasteiger partial charge in [-0.25, -0.2) is 9.97 Å². The Kier molecular flexibility index (Phi) is 1.86. The minimum absolute atomic E-state index is 0.0665. The molecule has 0 atom stereocenters. The third-order valence-electron chi connectivity index (χ3n) is 1.48. The molecule has 2 heterocycles. The lowest BCUT2D eigenvalue weighted by Gasteiger charge is -1.96. The Morgan fingerprint density at radius 1 is 1.23 bits per heavy atom. The van der Waals surface area contributed by atoms with E-state index in [0.29, 0.717) is 10.7 Å². The average molecular weight is 194 g/mol. The highest BCUT2D eigenvalue weighted by Crippen LogP contribution is 2.32. The van der Waals surface area contributed by atoms with Crippen molar-refractivity contribution in [3.8, 4) is 21.5 Å². The van der Waals surface area contributed by atoms with Crippen LogP contribution >= 0.6 is 11.3 Å². The van der Waals surface area contributed by atoms with Crippen molar-refractivity contribution in [1.82, 2.24) is 9.97 Å². The number of aromatic nitrogens is 2.